The number of primary amides is 1. The molecule has 98 valence electrons. The minimum absolute atomic E-state index is 0.0149. The van der Waals surface area contributed by atoms with Crippen LogP contribution in [0.3, 0.4) is 0 Å². The molecule has 1 aliphatic heterocycles. The lowest BCUT2D eigenvalue weighted by Gasteiger charge is -2.29. The van der Waals surface area contributed by atoms with Crippen molar-refractivity contribution in [2.45, 2.75) is 19.4 Å². The van der Waals surface area contributed by atoms with Crippen molar-refractivity contribution in [3.63, 3.8) is 0 Å². The van der Waals surface area contributed by atoms with Gasteiger partial charge in [0.1, 0.15) is 0 Å². The van der Waals surface area contributed by atoms with E-state index < -0.39 is 0 Å². The molecule has 6 nitrogen and oxygen atoms in total. The Balaban J connectivity index is 1.87. The maximum Gasteiger partial charge on any atom is 0.324 e. The Morgan fingerprint density at radius 1 is 1.50 bits per heavy atom. The Bertz CT molecular complexity index is 452. The van der Waals surface area contributed by atoms with E-state index >= 15 is 0 Å². The van der Waals surface area contributed by atoms with Crippen LogP contribution in [0.25, 0.3) is 0 Å². The number of amides is 1. The number of carbonyl (C=O) groups excluding carboxylic acids is 1. The number of nitrogens with two attached hydrogens (primary N) is 1. The number of thiophene rings is 1. The summed E-state index contributed by atoms with van der Waals surface area (Å²) in [6.45, 7) is 2.35. The van der Waals surface area contributed by atoms with Crippen LogP contribution in [0.2, 0.25) is 0 Å². The number of hydrogen-bond acceptors (Lipinski definition) is 5. The topological polar surface area (TPSA) is 89.5 Å². The van der Waals surface area contributed by atoms with E-state index in [9.17, 15) is 14.9 Å². The summed E-state index contributed by atoms with van der Waals surface area (Å²) < 4.78 is 0. The highest BCUT2D eigenvalue weighted by atomic mass is 32.1. The van der Waals surface area contributed by atoms with E-state index in [2.05, 4.69) is 4.90 Å². The fourth-order valence-electron chi connectivity index (χ4n) is 2.15. The third-order valence-corrected chi connectivity index (χ3v) is 4.22. The number of likely N-dealkylation sites (tertiary alicyclic amines) is 1. The Morgan fingerprint density at radius 2 is 2.17 bits per heavy atom. The van der Waals surface area contributed by atoms with Crippen molar-refractivity contribution in [3.8, 4) is 0 Å². The summed E-state index contributed by atoms with van der Waals surface area (Å²) in [5, 5.41) is 10.8. The normalized spacial score (nSPS) is 17.8. The summed E-state index contributed by atoms with van der Waals surface area (Å²) in [4.78, 5) is 24.4. The fourth-order valence-corrected chi connectivity index (χ4v) is 3.01. The lowest BCUT2D eigenvalue weighted by molar-refractivity contribution is -0.380. The molecule has 18 heavy (non-hydrogen) atoms. The van der Waals surface area contributed by atoms with Gasteiger partial charge in [-0.1, -0.05) is 11.3 Å². The third kappa shape index (κ3) is 3.05. The zero-order valence-electron chi connectivity index (χ0n) is 9.87. The summed E-state index contributed by atoms with van der Waals surface area (Å²) in [6, 6.07) is 3.33. The van der Waals surface area contributed by atoms with E-state index in [4.69, 9.17) is 5.73 Å². The van der Waals surface area contributed by atoms with Crippen LogP contribution in [-0.2, 0) is 11.3 Å². The maximum atomic E-state index is 11.0. The first-order chi connectivity index (χ1) is 8.56. The van der Waals surface area contributed by atoms with Crippen LogP contribution in [0.4, 0.5) is 5.00 Å². The number of piperidine rings is 1. The highest BCUT2D eigenvalue weighted by molar-refractivity contribution is 7.15. The largest absolute Gasteiger partial charge is 0.369 e. The van der Waals surface area contributed by atoms with Gasteiger partial charge in [0, 0.05) is 23.4 Å². The highest BCUT2D eigenvalue weighted by Gasteiger charge is 2.23. The molecular formula is C11H15N3O3S. The molecule has 0 aliphatic carbocycles. The van der Waals surface area contributed by atoms with E-state index in [1.807, 2.05) is 0 Å². The van der Waals surface area contributed by atoms with Crippen molar-refractivity contribution in [2.75, 3.05) is 13.1 Å². The highest BCUT2D eigenvalue weighted by Crippen LogP contribution is 2.26. The molecular weight excluding hydrogens is 254 g/mol. The van der Waals surface area contributed by atoms with Gasteiger partial charge in [-0.25, -0.2) is 0 Å². The summed E-state index contributed by atoms with van der Waals surface area (Å²) in [7, 11) is 0. The van der Waals surface area contributed by atoms with E-state index in [0.29, 0.717) is 6.54 Å². The van der Waals surface area contributed by atoms with E-state index in [1.165, 1.54) is 17.4 Å². The predicted molar refractivity (Wildman–Crippen MR) is 68.2 cm³/mol. The average Bonchev–Trinajstić information content (AvgIpc) is 2.78. The molecule has 0 unspecified atom stereocenters. The third-order valence-electron chi connectivity index (χ3n) is 3.20. The second kappa shape index (κ2) is 5.45. The van der Waals surface area contributed by atoms with Crippen molar-refractivity contribution in [1.29, 1.82) is 0 Å². The van der Waals surface area contributed by atoms with Crippen LogP contribution in [0.1, 0.15) is 17.7 Å². The second-order valence-electron chi connectivity index (χ2n) is 4.45. The van der Waals surface area contributed by atoms with E-state index in [1.54, 1.807) is 6.07 Å². The maximum absolute atomic E-state index is 11.0. The minimum atomic E-state index is -0.368. The molecule has 0 saturated carbocycles. The van der Waals surface area contributed by atoms with Gasteiger partial charge in [0.25, 0.3) is 0 Å². The lowest BCUT2D eigenvalue weighted by atomic mass is 9.96. The Labute approximate surface area is 109 Å². The zero-order valence-corrected chi connectivity index (χ0v) is 10.7. The molecule has 7 heteroatoms. The van der Waals surface area contributed by atoms with Gasteiger partial charge in [-0.3, -0.25) is 19.8 Å². The molecule has 2 rings (SSSR count). The zero-order chi connectivity index (χ0) is 13.1. The van der Waals surface area contributed by atoms with Crippen molar-refractivity contribution in [2.24, 2.45) is 11.7 Å². The van der Waals surface area contributed by atoms with Gasteiger partial charge in [0.05, 0.1) is 4.92 Å². The van der Waals surface area contributed by atoms with Crippen molar-refractivity contribution in [1.82, 2.24) is 4.90 Å². The van der Waals surface area contributed by atoms with Gasteiger partial charge < -0.3 is 5.73 Å². The Kier molecular flexibility index (Phi) is 3.93. The van der Waals surface area contributed by atoms with Gasteiger partial charge in [-0.05, 0) is 32.0 Å². The molecule has 1 fully saturated rings. The van der Waals surface area contributed by atoms with Crippen molar-refractivity contribution in [3.05, 3.63) is 27.1 Å². The van der Waals surface area contributed by atoms with Gasteiger partial charge in [-0.2, -0.15) is 0 Å². The van der Waals surface area contributed by atoms with Crippen molar-refractivity contribution < 1.29 is 9.72 Å². The van der Waals surface area contributed by atoms with Gasteiger partial charge in [0.2, 0.25) is 5.91 Å². The first-order valence-corrected chi connectivity index (χ1v) is 6.62. The van der Waals surface area contributed by atoms with Gasteiger partial charge >= 0.3 is 5.00 Å². The van der Waals surface area contributed by atoms with Crippen LogP contribution in [0.15, 0.2) is 12.1 Å². The molecule has 2 heterocycles. The molecule has 1 aromatic heterocycles. The number of rotatable bonds is 4. The SMILES string of the molecule is NC(=O)C1CCN(Cc2ccc([N+](=O)[O-])s2)CC1. The molecule has 1 saturated heterocycles. The monoisotopic (exact) mass is 269 g/mol. The summed E-state index contributed by atoms with van der Waals surface area (Å²) in [6.07, 6.45) is 1.56. The van der Waals surface area contributed by atoms with Gasteiger partial charge in [-0.15, -0.1) is 0 Å². The Hall–Kier alpha value is -1.47. The summed E-state index contributed by atoms with van der Waals surface area (Å²) in [5.41, 5.74) is 5.27. The quantitative estimate of drug-likeness (QED) is 0.660. The lowest BCUT2D eigenvalue weighted by Crippen LogP contribution is -2.37. The smallest absolute Gasteiger partial charge is 0.324 e. The fraction of sp³-hybridized carbons (Fsp3) is 0.545. The van der Waals surface area contributed by atoms with E-state index in [0.717, 1.165) is 30.8 Å². The predicted octanol–water partition coefficient (Wildman–Crippen LogP) is 1.35. The van der Waals surface area contributed by atoms with Crippen LogP contribution in [-0.4, -0.2) is 28.8 Å². The molecule has 0 radical (unpaired) electrons. The molecule has 2 N–H and O–H groups in total. The number of hydrogen-bond donors (Lipinski definition) is 1. The summed E-state index contributed by atoms with van der Waals surface area (Å²) >= 11 is 1.21. The number of carbonyl (C=O) groups is 1. The second-order valence-corrected chi connectivity index (χ2v) is 5.60. The van der Waals surface area contributed by atoms with Crippen LogP contribution < -0.4 is 5.73 Å². The molecule has 0 spiro atoms. The van der Waals surface area contributed by atoms with Crippen LogP contribution in [0, 0.1) is 16.0 Å². The summed E-state index contributed by atoms with van der Waals surface area (Å²) in [5.74, 6) is -0.236. The van der Waals surface area contributed by atoms with Crippen LogP contribution >= 0.6 is 11.3 Å². The van der Waals surface area contributed by atoms with Crippen LogP contribution in [0.5, 0.6) is 0 Å². The first-order valence-electron chi connectivity index (χ1n) is 5.81. The molecule has 1 amide bonds. The average molecular weight is 269 g/mol. The molecule has 1 aromatic rings. The Morgan fingerprint density at radius 3 is 2.67 bits per heavy atom. The molecule has 0 bridgehead atoms. The van der Waals surface area contributed by atoms with Crippen molar-refractivity contribution >= 4 is 22.2 Å². The molecule has 0 atom stereocenters. The molecule has 0 aromatic carbocycles. The minimum Gasteiger partial charge on any atom is -0.369 e. The number of nitro groups is 1. The standard InChI is InChI=1S/C11H15N3O3S/c12-11(15)8-3-5-13(6-4-8)7-9-1-2-10(18-9)14(16)17/h1-2,8H,3-7H2,(H2,12,15). The number of nitrogens with zero attached hydrogens (tertiary/aromatic N) is 2. The first kappa shape index (κ1) is 13.0. The van der Waals surface area contributed by atoms with E-state index in [-0.39, 0.29) is 21.7 Å². The molecule has 1 aliphatic rings. The van der Waals surface area contributed by atoms with Gasteiger partial charge in [0.15, 0.2) is 0 Å².